The second kappa shape index (κ2) is 5.05. The van der Waals surface area contributed by atoms with E-state index in [-0.39, 0.29) is 7.61 Å². The summed E-state index contributed by atoms with van der Waals surface area (Å²) < 4.78 is 0. The summed E-state index contributed by atoms with van der Waals surface area (Å²) >= 11 is 0. The van der Waals surface area contributed by atoms with E-state index < -0.39 is 0 Å². The molecule has 58 valence electrons. The fourth-order valence-electron chi connectivity index (χ4n) is 0.588. The highest BCUT2D eigenvalue weighted by Gasteiger charge is 1.92. The standard InChI is InChI=1S/C8H16P2/c1-6-7(2)8(3)9-10(4)5/h6H,1-5H3/b7-6+. The van der Waals surface area contributed by atoms with E-state index in [1.807, 2.05) is 0 Å². The molecule has 0 heterocycles. The molecule has 0 aliphatic rings. The van der Waals surface area contributed by atoms with E-state index in [2.05, 4.69) is 40.2 Å². The lowest BCUT2D eigenvalue weighted by Gasteiger charge is -2.01. The quantitative estimate of drug-likeness (QED) is 0.559. The van der Waals surface area contributed by atoms with Crippen LogP contribution in [0.25, 0.3) is 0 Å². The van der Waals surface area contributed by atoms with E-state index in [1.54, 1.807) is 0 Å². The molecule has 0 aliphatic carbocycles. The normalized spacial score (nSPS) is 14.6. The third kappa shape index (κ3) is 4.20. The summed E-state index contributed by atoms with van der Waals surface area (Å²) in [4.78, 5) is 0. The molecular formula is C8H16P2. The summed E-state index contributed by atoms with van der Waals surface area (Å²) in [7, 11) is 1.75. The second-order valence-corrected chi connectivity index (χ2v) is 8.07. The van der Waals surface area contributed by atoms with Crippen molar-refractivity contribution in [3.63, 3.8) is 0 Å². The molecule has 0 amide bonds. The molecule has 0 unspecified atom stereocenters. The lowest BCUT2D eigenvalue weighted by molar-refractivity contribution is 1.53. The Morgan fingerprint density at radius 1 is 1.30 bits per heavy atom. The van der Waals surface area contributed by atoms with Gasteiger partial charge in [-0.05, 0) is 45.0 Å². The van der Waals surface area contributed by atoms with Gasteiger partial charge in [-0.3, -0.25) is 0 Å². The zero-order chi connectivity index (χ0) is 8.15. The van der Waals surface area contributed by atoms with Crippen LogP contribution in [0.4, 0.5) is 0 Å². The van der Waals surface area contributed by atoms with Gasteiger partial charge in [0.1, 0.15) is 0 Å². The largest absolute Gasteiger partial charge is 0.0841 e. The van der Waals surface area contributed by atoms with Crippen LogP contribution in [0.5, 0.6) is 0 Å². The van der Waals surface area contributed by atoms with Gasteiger partial charge >= 0.3 is 0 Å². The minimum absolute atomic E-state index is 0.216. The van der Waals surface area contributed by atoms with Crippen LogP contribution in [-0.2, 0) is 0 Å². The fourth-order valence-corrected chi connectivity index (χ4v) is 3.75. The van der Waals surface area contributed by atoms with Crippen LogP contribution in [0.1, 0.15) is 20.8 Å². The van der Waals surface area contributed by atoms with Crippen molar-refractivity contribution in [1.29, 1.82) is 0 Å². The van der Waals surface area contributed by atoms with Gasteiger partial charge in [-0.2, -0.15) is 0 Å². The van der Waals surface area contributed by atoms with E-state index in [0.29, 0.717) is 0 Å². The number of allylic oxidation sites excluding steroid dienone is 2. The number of hydrogen-bond donors (Lipinski definition) is 0. The van der Waals surface area contributed by atoms with Gasteiger partial charge in [-0.25, -0.2) is 0 Å². The summed E-state index contributed by atoms with van der Waals surface area (Å²) in [6.07, 6.45) is 2.18. The molecule has 0 saturated heterocycles. The Morgan fingerprint density at radius 2 is 1.80 bits per heavy atom. The van der Waals surface area contributed by atoms with Crippen molar-refractivity contribution in [2.24, 2.45) is 0 Å². The van der Waals surface area contributed by atoms with Gasteiger partial charge in [-0.15, -0.1) is 0 Å². The Kier molecular flexibility index (Phi) is 5.22. The van der Waals surface area contributed by atoms with Gasteiger partial charge in [0.05, 0.1) is 0 Å². The van der Waals surface area contributed by atoms with Crippen molar-refractivity contribution in [2.75, 3.05) is 13.3 Å². The first-order chi connectivity index (χ1) is 4.57. The minimum Gasteiger partial charge on any atom is -0.0841 e. The summed E-state index contributed by atoms with van der Waals surface area (Å²) in [6, 6.07) is 0. The lowest BCUT2D eigenvalue weighted by atomic mass is 10.2. The molecule has 0 aromatic carbocycles. The third-order valence-electron chi connectivity index (χ3n) is 1.35. The van der Waals surface area contributed by atoms with Gasteiger partial charge < -0.3 is 0 Å². The van der Waals surface area contributed by atoms with Crippen LogP contribution in [0.3, 0.4) is 0 Å². The van der Waals surface area contributed by atoms with Gasteiger partial charge in [-0.1, -0.05) is 21.6 Å². The molecule has 0 saturated carbocycles. The topological polar surface area (TPSA) is 0 Å². The lowest BCUT2D eigenvalue weighted by Crippen LogP contribution is -1.86. The molecule has 0 rings (SSSR count). The van der Waals surface area contributed by atoms with Crippen molar-refractivity contribution in [2.45, 2.75) is 20.8 Å². The molecule has 2 heteroatoms. The monoisotopic (exact) mass is 174 g/mol. The van der Waals surface area contributed by atoms with Crippen molar-refractivity contribution in [1.82, 2.24) is 0 Å². The molecule has 0 aliphatic heterocycles. The van der Waals surface area contributed by atoms with E-state index in [9.17, 15) is 0 Å². The van der Waals surface area contributed by atoms with Crippen LogP contribution >= 0.6 is 15.5 Å². The maximum Gasteiger partial charge on any atom is -0.0210 e. The number of hydrogen-bond acceptors (Lipinski definition) is 0. The molecule has 10 heavy (non-hydrogen) atoms. The smallest absolute Gasteiger partial charge is 0.0210 e. The van der Waals surface area contributed by atoms with E-state index in [0.717, 1.165) is 0 Å². The summed E-state index contributed by atoms with van der Waals surface area (Å²) in [5.41, 5.74) is 1.44. The molecule has 0 spiro atoms. The van der Waals surface area contributed by atoms with Crippen molar-refractivity contribution in [3.8, 4) is 0 Å². The SMILES string of the molecule is C/C=C(\C)C(C)=PP(C)C. The highest BCUT2D eigenvalue weighted by atomic mass is 32.0. The Hall–Kier alpha value is 0.340. The van der Waals surface area contributed by atoms with Crippen LogP contribution in [0.15, 0.2) is 11.6 Å². The Bertz CT molecular complexity index is 155. The molecular weight excluding hydrogens is 158 g/mol. The van der Waals surface area contributed by atoms with Crippen LogP contribution in [0.2, 0.25) is 0 Å². The predicted octanol–water partition coefficient (Wildman–Crippen LogP) is 3.75. The highest BCUT2D eigenvalue weighted by molar-refractivity contribution is 8.20. The van der Waals surface area contributed by atoms with E-state index in [4.69, 9.17) is 0 Å². The van der Waals surface area contributed by atoms with Crippen molar-refractivity contribution >= 4 is 20.8 Å². The molecule has 0 nitrogen and oxygen atoms in total. The molecule has 0 radical (unpaired) electrons. The zero-order valence-electron chi connectivity index (χ0n) is 7.47. The summed E-state index contributed by atoms with van der Waals surface area (Å²) in [6.45, 7) is 11.1. The number of rotatable bonds is 2. The third-order valence-corrected chi connectivity index (χ3v) is 4.51. The van der Waals surface area contributed by atoms with E-state index in [1.165, 1.54) is 18.8 Å². The van der Waals surface area contributed by atoms with Crippen LogP contribution < -0.4 is 0 Å². The van der Waals surface area contributed by atoms with Crippen LogP contribution in [-0.4, -0.2) is 18.6 Å². The molecule has 0 aromatic rings. The maximum atomic E-state index is 2.31. The van der Waals surface area contributed by atoms with Gasteiger partial charge in [0.25, 0.3) is 0 Å². The van der Waals surface area contributed by atoms with E-state index >= 15 is 0 Å². The fraction of sp³-hybridized carbons (Fsp3) is 0.625. The van der Waals surface area contributed by atoms with Gasteiger partial charge in [0.2, 0.25) is 0 Å². The summed E-state index contributed by atoms with van der Waals surface area (Å²) in [5.74, 6) is 0. The molecule has 0 atom stereocenters. The Balaban J connectivity index is 4.20. The van der Waals surface area contributed by atoms with Gasteiger partial charge in [0.15, 0.2) is 0 Å². The first kappa shape index (κ1) is 10.3. The Labute approximate surface area is 67.2 Å². The van der Waals surface area contributed by atoms with Crippen molar-refractivity contribution < 1.29 is 0 Å². The molecule has 0 fully saturated rings. The first-order valence-corrected chi connectivity index (χ1v) is 7.27. The zero-order valence-corrected chi connectivity index (χ0v) is 9.26. The van der Waals surface area contributed by atoms with Crippen LogP contribution in [0, 0.1) is 0 Å². The predicted molar refractivity (Wildman–Crippen MR) is 55.8 cm³/mol. The Morgan fingerprint density at radius 3 is 2.10 bits per heavy atom. The molecule has 0 N–H and O–H groups in total. The first-order valence-electron chi connectivity index (χ1n) is 3.43. The average molecular weight is 174 g/mol. The highest BCUT2D eigenvalue weighted by Crippen LogP contribution is 2.42. The second-order valence-electron chi connectivity index (χ2n) is 2.50. The minimum atomic E-state index is 0.216. The van der Waals surface area contributed by atoms with Gasteiger partial charge in [0, 0.05) is 0 Å². The average Bonchev–Trinajstić information content (AvgIpc) is 1.85. The molecule has 0 aromatic heterocycles. The summed E-state index contributed by atoms with van der Waals surface area (Å²) in [5, 5.41) is 1.53. The van der Waals surface area contributed by atoms with Crippen molar-refractivity contribution in [3.05, 3.63) is 11.6 Å². The molecule has 0 bridgehead atoms. The maximum absolute atomic E-state index is 2.31.